The predicted octanol–water partition coefficient (Wildman–Crippen LogP) is 5.90. The van der Waals surface area contributed by atoms with Gasteiger partial charge in [-0.15, -0.1) is 0 Å². The topological polar surface area (TPSA) is 123 Å². The quantitative estimate of drug-likeness (QED) is 0.0744. The molecular formula is C29H29F3N2O6. The lowest BCUT2D eigenvalue weighted by Crippen LogP contribution is -2.10. The minimum Gasteiger partial charge on any atom is -0.494 e. The van der Waals surface area contributed by atoms with Crippen LogP contribution in [0, 0.1) is 0 Å². The Hall–Kier alpha value is -4.67. The van der Waals surface area contributed by atoms with E-state index >= 15 is 0 Å². The number of rotatable bonds is 11. The molecule has 0 saturated heterocycles. The van der Waals surface area contributed by atoms with Crippen molar-refractivity contribution in [2.75, 3.05) is 31.8 Å². The van der Waals surface area contributed by atoms with Gasteiger partial charge in [0, 0.05) is 17.8 Å². The SMILES string of the molecule is CCOC(=O)C(=Cc1ccc(OC(=O)c2ccc(OCCCC(F)(F)F)cc2)c(OC)c1)c1cc(N)cc(N)c1. The minimum absolute atomic E-state index is 0.107. The molecule has 0 aromatic heterocycles. The largest absolute Gasteiger partial charge is 0.494 e. The van der Waals surface area contributed by atoms with Gasteiger partial charge in [0.25, 0.3) is 0 Å². The fraction of sp³-hybridized carbons (Fsp3) is 0.241. The average Bonchev–Trinajstić information content (AvgIpc) is 2.89. The van der Waals surface area contributed by atoms with Crippen molar-refractivity contribution < 1.29 is 41.7 Å². The maximum Gasteiger partial charge on any atom is 0.389 e. The number of hydrogen-bond acceptors (Lipinski definition) is 8. The first kappa shape index (κ1) is 29.9. The Morgan fingerprint density at radius 2 is 1.57 bits per heavy atom. The van der Waals surface area contributed by atoms with Crippen molar-refractivity contribution in [3.05, 3.63) is 77.4 Å². The third kappa shape index (κ3) is 8.69. The molecule has 3 aromatic rings. The second-order valence-electron chi connectivity index (χ2n) is 8.56. The Morgan fingerprint density at radius 3 is 2.17 bits per heavy atom. The van der Waals surface area contributed by atoms with Gasteiger partial charge in [-0.25, -0.2) is 9.59 Å². The molecule has 212 valence electrons. The number of halogens is 3. The smallest absolute Gasteiger partial charge is 0.389 e. The molecule has 0 aliphatic rings. The van der Waals surface area contributed by atoms with Gasteiger partial charge < -0.3 is 30.4 Å². The highest BCUT2D eigenvalue weighted by Crippen LogP contribution is 2.32. The number of benzene rings is 3. The number of nitrogens with two attached hydrogens (primary N) is 2. The first-order chi connectivity index (χ1) is 19.0. The number of anilines is 2. The van der Waals surface area contributed by atoms with Crippen LogP contribution in [0.25, 0.3) is 11.6 Å². The van der Waals surface area contributed by atoms with Gasteiger partial charge in [0.05, 0.1) is 31.5 Å². The Bertz CT molecular complexity index is 1350. The monoisotopic (exact) mass is 558 g/mol. The normalized spacial score (nSPS) is 11.6. The minimum atomic E-state index is -4.24. The molecule has 3 rings (SSSR count). The van der Waals surface area contributed by atoms with Gasteiger partial charge in [-0.1, -0.05) is 6.07 Å². The number of ether oxygens (including phenoxy) is 4. The molecule has 0 atom stereocenters. The van der Waals surface area contributed by atoms with E-state index in [1.165, 1.54) is 37.4 Å². The molecule has 0 fully saturated rings. The first-order valence-corrected chi connectivity index (χ1v) is 12.2. The van der Waals surface area contributed by atoms with Crippen molar-refractivity contribution in [3.8, 4) is 17.2 Å². The van der Waals surface area contributed by atoms with E-state index < -0.39 is 24.5 Å². The standard InChI is InChI=1S/C29H29F3N2O6/c1-3-38-28(36)24(20-15-21(33)17-22(34)16-20)13-18-5-10-25(26(14-18)37-2)40-27(35)19-6-8-23(9-7-19)39-12-4-11-29(30,31)32/h5-10,13-17H,3-4,11-12,33-34H2,1-2H3. The maximum atomic E-state index is 12.7. The van der Waals surface area contributed by atoms with Crippen molar-refractivity contribution >= 4 is 35.0 Å². The highest BCUT2D eigenvalue weighted by Gasteiger charge is 2.26. The second kappa shape index (κ2) is 13.4. The summed E-state index contributed by atoms with van der Waals surface area (Å²) in [7, 11) is 1.40. The zero-order valence-corrected chi connectivity index (χ0v) is 21.9. The van der Waals surface area contributed by atoms with Gasteiger partial charge in [-0.05, 0) is 85.1 Å². The van der Waals surface area contributed by atoms with Crippen LogP contribution in [0.2, 0.25) is 0 Å². The summed E-state index contributed by atoms with van der Waals surface area (Å²) >= 11 is 0. The summed E-state index contributed by atoms with van der Waals surface area (Å²) in [6.45, 7) is 1.75. The van der Waals surface area contributed by atoms with Crippen LogP contribution in [-0.4, -0.2) is 38.4 Å². The summed E-state index contributed by atoms with van der Waals surface area (Å²) in [6.07, 6.45) is -3.77. The molecular weight excluding hydrogens is 529 g/mol. The van der Waals surface area contributed by atoms with Crippen LogP contribution < -0.4 is 25.7 Å². The maximum absolute atomic E-state index is 12.7. The van der Waals surface area contributed by atoms with Crippen LogP contribution in [0.1, 0.15) is 41.3 Å². The number of nitrogen functional groups attached to an aromatic ring is 2. The van der Waals surface area contributed by atoms with Crippen LogP contribution in [0.3, 0.4) is 0 Å². The Kier molecular flexibility index (Phi) is 10.0. The van der Waals surface area contributed by atoms with E-state index in [0.717, 1.165) is 0 Å². The fourth-order valence-corrected chi connectivity index (χ4v) is 3.63. The van der Waals surface area contributed by atoms with E-state index in [4.69, 9.17) is 30.4 Å². The van der Waals surface area contributed by atoms with Gasteiger partial charge in [0.1, 0.15) is 5.75 Å². The van der Waals surface area contributed by atoms with Gasteiger partial charge in [0.15, 0.2) is 11.5 Å². The molecule has 3 aromatic carbocycles. The van der Waals surface area contributed by atoms with Crippen LogP contribution in [-0.2, 0) is 9.53 Å². The molecule has 11 heteroatoms. The van der Waals surface area contributed by atoms with Gasteiger partial charge in [0.2, 0.25) is 0 Å². The lowest BCUT2D eigenvalue weighted by molar-refractivity contribution is -0.137. The van der Waals surface area contributed by atoms with Crippen molar-refractivity contribution in [1.29, 1.82) is 0 Å². The number of carbonyl (C=O) groups excluding carboxylic acids is 2. The molecule has 40 heavy (non-hydrogen) atoms. The lowest BCUT2D eigenvalue weighted by Gasteiger charge is -2.12. The molecule has 0 saturated carbocycles. The molecule has 0 amide bonds. The highest BCUT2D eigenvalue weighted by molar-refractivity contribution is 6.22. The molecule has 0 aliphatic carbocycles. The van der Waals surface area contributed by atoms with Crippen LogP contribution in [0.4, 0.5) is 24.5 Å². The summed E-state index contributed by atoms with van der Waals surface area (Å²) in [5.74, 6) is -0.584. The third-order valence-electron chi connectivity index (χ3n) is 5.45. The fourth-order valence-electron chi connectivity index (χ4n) is 3.63. The average molecular weight is 559 g/mol. The van der Waals surface area contributed by atoms with Crippen molar-refractivity contribution in [3.63, 3.8) is 0 Å². The highest BCUT2D eigenvalue weighted by atomic mass is 19.4. The summed E-state index contributed by atoms with van der Waals surface area (Å²) < 4.78 is 58.1. The van der Waals surface area contributed by atoms with Crippen molar-refractivity contribution in [2.45, 2.75) is 25.9 Å². The molecule has 4 N–H and O–H groups in total. The molecule has 0 unspecified atom stereocenters. The van der Waals surface area contributed by atoms with E-state index in [0.29, 0.717) is 28.3 Å². The first-order valence-electron chi connectivity index (χ1n) is 12.2. The number of carbonyl (C=O) groups is 2. The molecule has 0 aliphatic heterocycles. The van der Waals surface area contributed by atoms with Gasteiger partial charge >= 0.3 is 18.1 Å². The number of esters is 2. The van der Waals surface area contributed by atoms with E-state index in [1.54, 1.807) is 43.3 Å². The molecule has 0 spiro atoms. The van der Waals surface area contributed by atoms with E-state index in [1.807, 2.05) is 0 Å². The molecule has 0 heterocycles. The zero-order valence-electron chi connectivity index (χ0n) is 21.9. The van der Waals surface area contributed by atoms with Crippen molar-refractivity contribution in [1.82, 2.24) is 0 Å². The number of methoxy groups -OCH3 is 1. The summed E-state index contributed by atoms with van der Waals surface area (Å²) in [5, 5.41) is 0. The van der Waals surface area contributed by atoms with Crippen molar-refractivity contribution in [2.24, 2.45) is 0 Å². The Labute approximate surface area is 229 Å². The molecule has 0 radical (unpaired) electrons. The third-order valence-corrected chi connectivity index (χ3v) is 5.45. The predicted molar refractivity (Wildman–Crippen MR) is 145 cm³/mol. The summed E-state index contributed by atoms with van der Waals surface area (Å²) in [5.41, 5.74) is 14.0. The van der Waals surface area contributed by atoms with Gasteiger partial charge in [-0.3, -0.25) is 0 Å². The van der Waals surface area contributed by atoms with E-state index in [-0.39, 0.29) is 42.3 Å². The molecule has 8 nitrogen and oxygen atoms in total. The molecule has 0 bridgehead atoms. The second-order valence-corrected chi connectivity index (χ2v) is 8.56. The van der Waals surface area contributed by atoms with E-state index in [2.05, 4.69) is 0 Å². The van der Waals surface area contributed by atoms with Gasteiger partial charge in [-0.2, -0.15) is 13.2 Å². The summed E-state index contributed by atoms with van der Waals surface area (Å²) in [4.78, 5) is 25.4. The summed E-state index contributed by atoms with van der Waals surface area (Å²) in [6, 6.07) is 15.3. The Balaban J connectivity index is 1.76. The van der Waals surface area contributed by atoms with Crippen LogP contribution in [0.5, 0.6) is 17.2 Å². The van der Waals surface area contributed by atoms with Crippen LogP contribution >= 0.6 is 0 Å². The number of hydrogen-bond donors (Lipinski definition) is 2. The van der Waals surface area contributed by atoms with E-state index in [9.17, 15) is 22.8 Å². The lowest BCUT2D eigenvalue weighted by atomic mass is 10.0. The zero-order chi connectivity index (χ0) is 29.3. The number of alkyl halides is 3. The Morgan fingerprint density at radius 1 is 0.900 bits per heavy atom. The van der Waals surface area contributed by atoms with Crippen LogP contribution in [0.15, 0.2) is 60.7 Å².